The van der Waals surface area contributed by atoms with E-state index in [0.717, 1.165) is 31.9 Å². The third-order valence-electron chi connectivity index (χ3n) is 3.40. The van der Waals surface area contributed by atoms with Crippen molar-refractivity contribution in [2.75, 3.05) is 18.5 Å². The number of aromatic nitrogens is 3. The maximum Gasteiger partial charge on any atom is 0.131 e. The molecule has 2 heterocycles. The van der Waals surface area contributed by atoms with Gasteiger partial charge in [0.2, 0.25) is 0 Å². The zero-order valence-electron chi connectivity index (χ0n) is 13.4. The summed E-state index contributed by atoms with van der Waals surface area (Å²) in [5.74, 6) is 1.03. The predicted octanol–water partition coefficient (Wildman–Crippen LogP) is 2.26. The quantitative estimate of drug-likeness (QED) is 0.794. The minimum absolute atomic E-state index is 0.815. The second kappa shape index (κ2) is 7.22. The first-order valence-corrected chi connectivity index (χ1v) is 7.45. The highest BCUT2D eigenvalue weighted by Crippen LogP contribution is 2.18. The van der Waals surface area contributed by atoms with Crippen LogP contribution in [0.2, 0.25) is 0 Å². The first kappa shape index (κ1) is 15.5. The molecule has 2 rings (SSSR count). The lowest BCUT2D eigenvalue weighted by atomic mass is 10.2. The van der Waals surface area contributed by atoms with Gasteiger partial charge in [0.25, 0.3) is 0 Å². The maximum absolute atomic E-state index is 4.62. The predicted molar refractivity (Wildman–Crippen MR) is 86.3 cm³/mol. The van der Waals surface area contributed by atoms with Crippen LogP contribution in [0.25, 0.3) is 0 Å². The molecule has 0 saturated carbocycles. The van der Waals surface area contributed by atoms with Crippen molar-refractivity contribution in [3.8, 4) is 0 Å². The Hall–Kier alpha value is -1.88. The van der Waals surface area contributed by atoms with Gasteiger partial charge in [-0.1, -0.05) is 6.92 Å². The summed E-state index contributed by atoms with van der Waals surface area (Å²) < 4.78 is 1.83. The summed E-state index contributed by atoms with van der Waals surface area (Å²) >= 11 is 0. The van der Waals surface area contributed by atoms with Crippen molar-refractivity contribution in [2.45, 2.75) is 33.4 Å². The van der Waals surface area contributed by atoms with E-state index < -0.39 is 0 Å². The summed E-state index contributed by atoms with van der Waals surface area (Å²) in [7, 11) is 4.00. The Morgan fingerprint density at radius 3 is 2.71 bits per heavy atom. The maximum atomic E-state index is 4.62. The van der Waals surface area contributed by atoms with Gasteiger partial charge in [-0.15, -0.1) is 0 Å². The fourth-order valence-electron chi connectivity index (χ4n) is 2.43. The average molecular weight is 287 g/mol. The molecule has 0 aliphatic carbocycles. The zero-order chi connectivity index (χ0) is 15.2. The second-order valence-corrected chi connectivity index (χ2v) is 5.54. The molecule has 5 nitrogen and oxygen atoms in total. The number of pyridine rings is 1. The van der Waals surface area contributed by atoms with Gasteiger partial charge < -0.3 is 10.2 Å². The minimum Gasteiger partial charge on any atom is -0.355 e. The number of nitrogens with one attached hydrogen (secondary N) is 1. The van der Waals surface area contributed by atoms with Crippen molar-refractivity contribution < 1.29 is 0 Å². The summed E-state index contributed by atoms with van der Waals surface area (Å²) in [4.78, 5) is 6.78. The molecule has 1 N–H and O–H groups in total. The Morgan fingerprint density at radius 2 is 2.10 bits per heavy atom. The van der Waals surface area contributed by atoms with Gasteiger partial charge in [-0.3, -0.25) is 4.68 Å². The van der Waals surface area contributed by atoms with Crippen molar-refractivity contribution in [1.29, 1.82) is 0 Å². The van der Waals surface area contributed by atoms with Crippen LogP contribution in [0, 0.1) is 6.92 Å². The van der Waals surface area contributed by atoms with E-state index in [4.69, 9.17) is 0 Å². The number of hydrogen-bond acceptors (Lipinski definition) is 4. The molecular weight excluding hydrogens is 262 g/mol. The van der Waals surface area contributed by atoms with Gasteiger partial charge in [0.1, 0.15) is 5.82 Å². The molecule has 0 radical (unpaired) electrons. The Morgan fingerprint density at radius 1 is 1.29 bits per heavy atom. The summed E-state index contributed by atoms with van der Waals surface area (Å²) in [5.41, 5.74) is 3.63. The lowest BCUT2D eigenvalue weighted by Gasteiger charge is -2.20. The van der Waals surface area contributed by atoms with Crippen LogP contribution in [0.3, 0.4) is 0 Å². The number of aryl methyl sites for hydroxylation is 2. The van der Waals surface area contributed by atoms with E-state index in [9.17, 15) is 0 Å². The molecule has 0 aliphatic rings. The van der Waals surface area contributed by atoms with Crippen LogP contribution >= 0.6 is 0 Å². The molecule has 0 amide bonds. The van der Waals surface area contributed by atoms with Gasteiger partial charge >= 0.3 is 0 Å². The lowest BCUT2D eigenvalue weighted by Crippen LogP contribution is -2.19. The average Bonchev–Trinajstić information content (AvgIpc) is 2.84. The molecule has 0 aliphatic heterocycles. The number of hydrogen-bond donors (Lipinski definition) is 1. The van der Waals surface area contributed by atoms with Gasteiger partial charge in [0, 0.05) is 45.1 Å². The molecule has 0 unspecified atom stereocenters. The van der Waals surface area contributed by atoms with Gasteiger partial charge in [-0.25, -0.2) is 4.98 Å². The lowest BCUT2D eigenvalue weighted by molar-refractivity contribution is 0.673. The molecule has 2 aromatic rings. The molecule has 0 spiro atoms. The van der Waals surface area contributed by atoms with Crippen LogP contribution in [-0.4, -0.2) is 28.4 Å². The smallest absolute Gasteiger partial charge is 0.131 e. The van der Waals surface area contributed by atoms with Crippen molar-refractivity contribution >= 4 is 5.82 Å². The molecule has 2 aromatic heterocycles. The van der Waals surface area contributed by atoms with Crippen molar-refractivity contribution in [3.05, 3.63) is 41.3 Å². The number of anilines is 1. The van der Waals surface area contributed by atoms with Crippen molar-refractivity contribution in [1.82, 2.24) is 20.1 Å². The highest BCUT2D eigenvalue weighted by molar-refractivity contribution is 5.47. The van der Waals surface area contributed by atoms with Gasteiger partial charge in [0.05, 0.1) is 6.20 Å². The van der Waals surface area contributed by atoms with Crippen molar-refractivity contribution in [2.24, 2.45) is 7.05 Å². The highest BCUT2D eigenvalue weighted by atomic mass is 15.2. The SMILES string of the molecule is CCCNCc1cnc(N(C)Cc2cnn(C)c2)c(C)c1. The van der Waals surface area contributed by atoms with Gasteiger partial charge in [-0.2, -0.15) is 5.10 Å². The van der Waals surface area contributed by atoms with Crippen LogP contribution < -0.4 is 10.2 Å². The first-order valence-electron chi connectivity index (χ1n) is 7.45. The molecule has 0 fully saturated rings. The first-order chi connectivity index (χ1) is 10.1. The van der Waals surface area contributed by atoms with E-state index in [2.05, 4.69) is 47.3 Å². The van der Waals surface area contributed by atoms with E-state index in [1.165, 1.54) is 16.7 Å². The van der Waals surface area contributed by atoms with E-state index >= 15 is 0 Å². The summed E-state index contributed by atoms with van der Waals surface area (Å²) in [6, 6.07) is 2.21. The molecule has 0 aromatic carbocycles. The van der Waals surface area contributed by atoms with Gasteiger partial charge in [0.15, 0.2) is 0 Å². The topological polar surface area (TPSA) is 46.0 Å². The molecule has 21 heavy (non-hydrogen) atoms. The molecular formula is C16H25N5. The zero-order valence-corrected chi connectivity index (χ0v) is 13.4. The van der Waals surface area contributed by atoms with Crippen LogP contribution in [-0.2, 0) is 20.1 Å². The Labute approximate surface area is 127 Å². The molecule has 0 saturated heterocycles. The minimum atomic E-state index is 0.815. The van der Waals surface area contributed by atoms with E-state index in [0.29, 0.717) is 0 Å². The van der Waals surface area contributed by atoms with Crippen LogP contribution in [0.5, 0.6) is 0 Å². The van der Waals surface area contributed by atoms with Gasteiger partial charge in [-0.05, 0) is 37.1 Å². The standard InChI is InChI=1S/C16H25N5/c1-5-6-17-8-14-7-13(2)16(18-9-14)20(3)11-15-10-19-21(4)12-15/h7,9-10,12,17H,5-6,8,11H2,1-4H3. The van der Waals surface area contributed by atoms with E-state index in [1.54, 1.807) is 0 Å². The Kier molecular flexibility index (Phi) is 5.33. The molecule has 0 bridgehead atoms. The monoisotopic (exact) mass is 287 g/mol. The fourth-order valence-corrected chi connectivity index (χ4v) is 2.43. The van der Waals surface area contributed by atoms with Crippen LogP contribution in [0.15, 0.2) is 24.7 Å². The molecule has 114 valence electrons. The Balaban J connectivity index is 2.02. The molecule has 5 heteroatoms. The van der Waals surface area contributed by atoms with E-state index in [-0.39, 0.29) is 0 Å². The summed E-state index contributed by atoms with van der Waals surface area (Å²) in [5, 5.41) is 7.61. The molecule has 0 atom stereocenters. The second-order valence-electron chi connectivity index (χ2n) is 5.54. The number of nitrogens with zero attached hydrogens (tertiary/aromatic N) is 4. The van der Waals surface area contributed by atoms with Crippen LogP contribution in [0.4, 0.5) is 5.82 Å². The number of rotatable bonds is 7. The highest BCUT2D eigenvalue weighted by Gasteiger charge is 2.09. The van der Waals surface area contributed by atoms with Crippen molar-refractivity contribution in [3.63, 3.8) is 0 Å². The van der Waals surface area contributed by atoms with E-state index in [1.807, 2.05) is 30.3 Å². The summed E-state index contributed by atoms with van der Waals surface area (Å²) in [6.45, 7) is 7.03. The normalized spacial score (nSPS) is 10.9. The summed E-state index contributed by atoms with van der Waals surface area (Å²) in [6.07, 6.45) is 7.05. The van der Waals surface area contributed by atoms with Crippen LogP contribution in [0.1, 0.15) is 30.0 Å². The third kappa shape index (κ3) is 4.29. The fraction of sp³-hybridized carbons (Fsp3) is 0.500. The largest absolute Gasteiger partial charge is 0.355 e. The third-order valence-corrected chi connectivity index (χ3v) is 3.40. The Bertz CT molecular complexity index is 576.